The first-order valence-corrected chi connectivity index (χ1v) is 7.19. The molecule has 0 atom stereocenters. The van der Waals surface area contributed by atoms with Crippen LogP contribution in [0.3, 0.4) is 0 Å². The summed E-state index contributed by atoms with van der Waals surface area (Å²) in [6.07, 6.45) is 2.17. The Morgan fingerprint density at radius 1 is 0.955 bits per heavy atom. The summed E-state index contributed by atoms with van der Waals surface area (Å²) < 4.78 is 5.69. The summed E-state index contributed by atoms with van der Waals surface area (Å²) in [4.78, 5) is 21.8. The zero-order chi connectivity index (χ0) is 15.9. The molecule has 2 aromatic rings. The molecule has 0 saturated carbocycles. The molecule has 0 fully saturated rings. The molecule has 0 amide bonds. The van der Waals surface area contributed by atoms with Crippen LogP contribution in [0.1, 0.15) is 36.0 Å². The minimum Gasteiger partial charge on any atom is -0.492 e. The van der Waals surface area contributed by atoms with Gasteiger partial charge in [0.05, 0.1) is 6.61 Å². The van der Waals surface area contributed by atoms with E-state index in [4.69, 9.17) is 9.84 Å². The van der Waals surface area contributed by atoms with Gasteiger partial charge in [-0.2, -0.15) is 0 Å². The van der Waals surface area contributed by atoms with Crippen LogP contribution >= 0.6 is 0 Å². The van der Waals surface area contributed by atoms with E-state index in [9.17, 15) is 14.7 Å². The Labute approximate surface area is 128 Å². The first-order valence-electron chi connectivity index (χ1n) is 7.19. The number of unbranched alkanes of at least 4 members (excludes halogenated alkanes) is 2. The third-order valence-corrected chi connectivity index (χ3v) is 3.39. The van der Waals surface area contributed by atoms with Crippen LogP contribution in [0.15, 0.2) is 36.4 Å². The van der Waals surface area contributed by atoms with Crippen molar-refractivity contribution in [3.63, 3.8) is 0 Å². The summed E-state index contributed by atoms with van der Waals surface area (Å²) in [6, 6.07) is 10.8. The highest BCUT2D eigenvalue weighted by molar-refractivity contribution is 6.00. The predicted octanol–water partition coefficient (Wildman–Crippen LogP) is 3.56. The first-order chi connectivity index (χ1) is 10.6. The fourth-order valence-electron chi connectivity index (χ4n) is 2.30. The SMILES string of the molecule is O=C(O)CCCCCOc1c(C(=O)O)ccc2ccccc12. The lowest BCUT2D eigenvalue weighted by Gasteiger charge is -2.12. The first kappa shape index (κ1) is 15.8. The van der Waals surface area contributed by atoms with Gasteiger partial charge in [0.2, 0.25) is 0 Å². The Balaban J connectivity index is 2.06. The Hall–Kier alpha value is -2.56. The Bertz CT molecular complexity index is 678. The number of carbonyl (C=O) groups is 2. The molecule has 0 aliphatic rings. The van der Waals surface area contributed by atoms with Crippen LogP contribution in [0.5, 0.6) is 5.75 Å². The van der Waals surface area contributed by atoms with Crippen molar-refractivity contribution in [2.24, 2.45) is 0 Å². The monoisotopic (exact) mass is 302 g/mol. The van der Waals surface area contributed by atoms with Gasteiger partial charge >= 0.3 is 11.9 Å². The average Bonchev–Trinajstić information content (AvgIpc) is 2.50. The number of ether oxygens (including phenoxy) is 1. The second-order valence-electron chi connectivity index (χ2n) is 5.02. The lowest BCUT2D eigenvalue weighted by atomic mass is 10.1. The van der Waals surface area contributed by atoms with Gasteiger partial charge in [-0.1, -0.05) is 30.3 Å². The highest BCUT2D eigenvalue weighted by atomic mass is 16.5. The molecule has 22 heavy (non-hydrogen) atoms. The summed E-state index contributed by atoms with van der Waals surface area (Å²) >= 11 is 0. The fraction of sp³-hybridized carbons (Fsp3) is 0.294. The molecule has 0 spiro atoms. The van der Waals surface area contributed by atoms with Crippen molar-refractivity contribution in [1.29, 1.82) is 0 Å². The van der Waals surface area contributed by atoms with Crippen LogP contribution in [-0.4, -0.2) is 28.8 Å². The molecule has 116 valence electrons. The second-order valence-corrected chi connectivity index (χ2v) is 5.02. The fourth-order valence-corrected chi connectivity index (χ4v) is 2.30. The van der Waals surface area contributed by atoms with E-state index in [1.807, 2.05) is 24.3 Å². The zero-order valence-corrected chi connectivity index (χ0v) is 12.1. The maximum atomic E-state index is 11.3. The summed E-state index contributed by atoms with van der Waals surface area (Å²) in [6.45, 7) is 0.369. The van der Waals surface area contributed by atoms with Gasteiger partial charge in [0, 0.05) is 11.8 Å². The number of rotatable bonds is 8. The van der Waals surface area contributed by atoms with E-state index in [2.05, 4.69) is 0 Å². The van der Waals surface area contributed by atoms with Crippen molar-refractivity contribution in [2.45, 2.75) is 25.7 Å². The van der Waals surface area contributed by atoms with E-state index in [0.717, 1.165) is 17.2 Å². The average molecular weight is 302 g/mol. The van der Waals surface area contributed by atoms with Gasteiger partial charge in [-0.15, -0.1) is 0 Å². The maximum Gasteiger partial charge on any atom is 0.339 e. The number of hydrogen-bond acceptors (Lipinski definition) is 3. The Morgan fingerprint density at radius 3 is 2.45 bits per heavy atom. The van der Waals surface area contributed by atoms with Crippen LogP contribution in [0.2, 0.25) is 0 Å². The van der Waals surface area contributed by atoms with Gasteiger partial charge in [-0.05, 0) is 30.7 Å². The van der Waals surface area contributed by atoms with E-state index >= 15 is 0 Å². The van der Waals surface area contributed by atoms with Gasteiger partial charge in [-0.3, -0.25) is 4.79 Å². The maximum absolute atomic E-state index is 11.3. The molecular formula is C17H18O5. The third-order valence-electron chi connectivity index (χ3n) is 3.39. The molecule has 0 saturated heterocycles. The van der Waals surface area contributed by atoms with Crippen LogP contribution in [-0.2, 0) is 4.79 Å². The largest absolute Gasteiger partial charge is 0.492 e. The van der Waals surface area contributed by atoms with Crippen LogP contribution in [0, 0.1) is 0 Å². The van der Waals surface area contributed by atoms with Crippen molar-refractivity contribution in [1.82, 2.24) is 0 Å². The van der Waals surface area contributed by atoms with Gasteiger partial charge < -0.3 is 14.9 Å². The van der Waals surface area contributed by atoms with E-state index in [1.54, 1.807) is 12.1 Å². The quantitative estimate of drug-likeness (QED) is 0.728. The number of carboxylic acid groups (broad SMARTS) is 2. The Morgan fingerprint density at radius 2 is 1.73 bits per heavy atom. The molecule has 2 rings (SSSR count). The molecule has 5 nitrogen and oxygen atoms in total. The summed E-state index contributed by atoms with van der Waals surface area (Å²) in [5.41, 5.74) is 0.143. The number of fused-ring (bicyclic) bond motifs is 1. The van der Waals surface area contributed by atoms with E-state index < -0.39 is 11.9 Å². The van der Waals surface area contributed by atoms with Crippen molar-refractivity contribution >= 4 is 22.7 Å². The minimum absolute atomic E-state index is 0.143. The summed E-state index contributed by atoms with van der Waals surface area (Å²) in [7, 11) is 0. The molecule has 2 N–H and O–H groups in total. The van der Waals surface area contributed by atoms with Gasteiger partial charge in [-0.25, -0.2) is 4.79 Å². The van der Waals surface area contributed by atoms with Gasteiger partial charge in [0.15, 0.2) is 0 Å². The smallest absolute Gasteiger partial charge is 0.339 e. The number of hydrogen-bond donors (Lipinski definition) is 2. The molecule has 2 aromatic carbocycles. The highest BCUT2D eigenvalue weighted by Crippen LogP contribution is 2.30. The molecule has 0 aromatic heterocycles. The van der Waals surface area contributed by atoms with Crippen LogP contribution in [0.4, 0.5) is 0 Å². The summed E-state index contributed by atoms with van der Waals surface area (Å²) in [5, 5.41) is 19.5. The van der Waals surface area contributed by atoms with Crippen LogP contribution in [0.25, 0.3) is 10.8 Å². The molecule has 0 radical (unpaired) electrons. The van der Waals surface area contributed by atoms with Gasteiger partial charge in [0.1, 0.15) is 11.3 Å². The van der Waals surface area contributed by atoms with Crippen molar-refractivity contribution in [3.05, 3.63) is 42.0 Å². The number of aromatic carboxylic acids is 1. The number of carboxylic acids is 2. The molecular weight excluding hydrogens is 284 g/mol. The lowest BCUT2D eigenvalue weighted by Crippen LogP contribution is -2.05. The normalized spacial score (nSPS) is 10.5. The van der Waals surface area contributed by atoms with Gasteiger partial charge in [0.25, 0.3) is 0 Å². The number of benzene rings is 2. The number of aliphatic carboxylic acids is 1. The van der Waals surface area contributed by atoms with E-state index in [0.29, 0.717) is 25.2 Å². The van der Waals surface area contributed by atoms with Crippen LogP contribution < -0.4 is 4.74 Å². The third kappa shape index (κ3) is 3.97. The van der Waals surface area contributed by atoms with Crippen molar-refractivity contribution in [3.8, 4) is 5.75 Å². The van der Waals surface area contributed by atoms with Crippen molar-refractivity contribution < 1.29 is 24.5 Å². The molecule has 0 bridgehead atoms. The second kappa shape index (κ2) is 7.45. The topological polar surface area (TPSA) is 83.8 Å². The molecule has 0 aliphatic heterocycles. The molecule has 5 heteroatoms. The summed E-state index contributed by atoms with van der Waals surface area (Å²) in [5.74, 6) is -1.45. The minimum atomic E-state index is -1.02. The lowest BCUT2D eigenvalue weighted by molar-refractivity contribution is -0.137. The molecule has 0 heterocycles. The molecule has 0 aliphatic carbocycles. The standard InChI is InChI=1S/C17H18O5/c18-15(19)8-2-1-5-11-22-16-13-7-4-3-6-12(13)9-10-14(16)17(20)21/h3-4,6-7,9-10H,1-2,5,8,11H2,(H,18,19)(H,20,21). The van der Waals surface area contributed by atoms with Crippen molar-refractivity contribution in [2.75, 3.05) is 6.61 Å². The van der Waals surface area contributed by atoms with E-state index in [1.165, 1.54) is 0 Å². The van der Waals surface area contributed by atoms with E-state index in [-0.39, 0.29) is 12.0 Å². The Kier molecular flexibility index (Phi) is 5.36. The highest BCUT2D eigenvalue weighted by Gasteiger charge is 2.14. The zero-order valence-electron chi connectivity index (χ0n) is 12.1. The predicted molar refractivity (Wildman–Crippen MR) is 82.5 cm³/mol. The molecule has 0 unspecified atom stereocenters.